The predicted molar refractivity (Wildman–Crippen MR) is 95.5 cm³/mol. The summed E-state index contributed by atoms with van der Waals surface area (Å²) in [5.74, 6) is 0. The average molecular weight is 358 g/mol. The number of unbranched alkanes of at least 4 members (excludes halogenated alkanes) is 5. The smallest absolute Gasteiger partial charge is 0.410 e. The Balaban J connectivity index is 2.36. The van der Waals surface area contributed by atoms with Crippen LogP contribution in [0.2, 0.25) is 0 Å². The highest BCUT2D eigenvalue weighted by Gasteiger charge is 2.38. The Morgan fingerprint density at radius 3 is 2.48 bits per heavy atom. The first kappa shape index (κ1) is 21.5. The first-order valence-corrected chi connectivity index (χ1v) is 9.41. The van der Waals surface area contributed by atoms with Crippen LogP contribution in [0, 0.1) is 0 Å². The molecule has 1 fully saturated rings. The van der Waals surface area contributed by atoms with Crippen LogP contribution < -0.4 is 0 Å². The number of hydrogen-bond acceptors (Lipinski definition) is 5. The minimum atomic E-state index is -0.421. The van der Waals surface area contributed by atoms with Crippen molar-refractivity contribution >= 4 is 12.2 Å². The number of amides is 2. The molecule has 1 aliphatic rings. The monoisotopic (exact) mass is 358 g/mol. The number of rotatable bonds is 10. The van der Waals surface area contributed by atoms with E-state index in [9.17, 15) is 14.7 Å². The number of ether oxygens (including phenoxy) is 2. The van der Waals surface area contributed by atoms with Crippen molar-refractivity contribution in [3.8, 4) is 0 Å². The Hall–Kier alpha value is -1.50. The molecule has 1 heterocycles. The summed E-state index contributed by atoms with van der Waals surface area (Å²) >= 11 is 0. The van der Waals surface area contributed by atoms with Crippen molar-refractivity contribution in [3.05, 3.63) is 0 Å². The molecule has 1 saturated heterocycles. The molecule has 7 heteroatoms. The Bertz CT molecular complexity index is 403. The van der Waals surface area contributed by atoms with Crippen LogP contribution in [0.4, 0.5) is 9.59 Å². The molecule has 7 nitrogen and oxygen atoms in total. The van der Waals surface area contributed by atoms with Gasteiger partial charge in [-0.2, -0.15) is 0 Å². The molecule has 0 aliphatic carbocycles. The molecule has 1 N–H and O–H groups in total. The maximum absolute atomic E-state index is 12.3. The molecule has 0 aromatic rings. The molecule has 0 unspecified atom stereocenters. The second-order valence-corrected chi connectivity index (χ2v) is 6.84. The van der Waals surface area contributed by atoms with Gasteiger partial charge in [-0.25, -0.2) is 9.59 Å². The number of carbonyl (C=O) groups is 2. The first-order chi connectivity index (χ1) is 12.0. The first-order valence-electron chi connectivity index (χ1n) is 9.41. The molecule has 0 radical (unpaired) electrons. The molecule has 0 saturated carbocycles. The van der Waals surface area contributed by atoms with Crippen LogP contribution in [0.1, 0.15) is 58.3 Å². The summed E-state index contributed by atoms with van der Waals surface area (Å²) in [6, 6.07) is -0.151. The molecule has 0 aromatic heterocycles. The molecular formula is C18H34N2O5. The van der Waals surface area contributed by atoms with Crippen molar-refractivity contribution in [1.82, 2.24) is 9.80 Å². The molecule has 25 heavy (non-hydrogen) atoms. The van der Waals surface area contributed by atoms with E-state index in [1.807, 2.05) is 0 Å². The van der Waals surface area contributed by atoms with E-state index in [4.69, 9.17) is 9.47 Å². The molecule has 146 valence electrons. The standard InChI is InChI=1S/C18H34N2O5/c1-4-5-6-7-8-9-12-24-18(23)20-14-16(13-15(20)10-11-21)25-17(22)19(2)3/h15-16,21H,4-14H2,1-3H3/t15-,16-/m1/s1. The van der Waals surface area contributed by atoms with E-state index in [1.54, 1.807) is 19.0 Å². The zero-order valence-corrected chi connectivity index (χ0v) is 15.9. The fourth-order valence-corrected chi connectivity index (χ4v) is 2.98. The summed E-state index contributed by atoms with van der Waals surface area (Å²) in [7, 11) is 3.24. The van der Waals surface area contributed by atoms with Gasteiger partial charge in [0.1, 0.15) is 6.10 Å². The molecule has 1 aliphatic heterocycles. The summed E-state index contributed by atoms with van der Waals surface area (Å²) in [6.45, 7) is 2.90. The number of carbonyl (C=O) groups excluding carboxylic acids is 2. The van der Waals surface area contributed by atoms with E-state index in [1.165, 1.54) is 30.6 Å². The van der Waals surface area contributed by atoms with Gasteiger partial charge in [0.15, 0.2) is 0 Å². The van der Waals surface area contributed by atoms with E-state index in [0.29, 0.717) is 26.0 Å². The van der Waals surface area contributed by atoms with E-state index in [0.717, 1.165) is 12.8 Å². The van der Waals surface area contributed by atoms with Crippen molar-refractivity contribution in [2.24, 2.45) is 0 Å². The van der Waals surface area contributed by atoms with E-state index >= 15 is 0 Å². The van der Waals surface area contributed by atoms with Gasteiger partial charge in [0.25, 0.3) is 0 Å². The van der Waals surface area contributed by atoms with Crippen LogP contribution in [0.3, 0.4) is 0 Å². The Labute approximate surface area is 151 Å². The molecule has 0 aromatic carbocycles. The number of nitrogens with zero attached hydrogens (tertiary/aromatic N) is 2. The van der Waals surface area contributed by atoms with Gasteiger partial charge in [-0.15, -0.1) is 0 Å². The Kier molecular flexibility index (Phi) is 10.3. The van der Waals surface area contributed by atoms with Gasteiger partial charge in [0, 0.05) is 33.2 Å². The lowest BCUT2D eigenvalue weighted by Crippen LogP contribution is -2.37. The number of aliphatic hydroxyl groups excluding tert-OH is 1. The second-order valence-electron chi connectivity index (χ2n) is 6.84. The Morgan fingerprint density at radius 1 is 1.16 bits per heavy atom. The second kappa shape index (κ2) is 12.0. The molecular weight excluding hydrogens is 324 g/mol. The largest absolute Gasteiger partial charge is 0.449 e. The molecule has 2 atom stereocenters. The third-order valence-corrected chi connectivity index (χ3v) is 4.43. The lowest BCUT2D eigenvalue weighted by molar-refractivity contribution is 0.0703. The fourth-order valence-electron chi connectivity index (χ4n) is 2.98. The zero-order valence-electron chi connectivity index (χ0n) is 15.9. The highest BCUT2D eigenvalue weighted by atomic mass is 16.6. The van der Waals surface area contributed by atoms with Crippen LogP contribution >= 0.6 is 0 Å². The molecule has 1 rings (SSSR count). The van der Waals surface area contributed by atoms with E-state index < -0.39 is 6.09 Å². The summed E-state index contributed by atoms with van der Waals surface area (Å²) in [6.07, 6.45) is 6.65. The van der Waals surface area contributed by atoms with Crippen LogP contribution in [0.25, 0.3) is 0 Å². The quantitative estimate of drug-likeness (QED) is 0.607. The van der Waals surface area contributed by atoms with Crippen molar-refractivity contribution in [3.63, 3.8) is 0 Å². The third kappa shape index (κ3) is 7.94. The predicted octanol–water partition coefficient (Wildman–Crippen LogP) is 3.01. The third-order valence-electron chi connectivity index (χ3n) is 4.43. The van der Waals surface area contributed by atoms with Gasteiger partial charge in [0.05, 0.1) is 13.2 Å². The zero-order chi connectivity index (χ0) is 18.7. The van der Waals surface area contributed by atoms with Crippen molar-refractivity contribution < 1.29 is 24.2 Å². The van der Waals surface area contributed by atoms with Crippen molar-refractivity contribution in [2.75, 3.05) is 33.9 Å². The van der Waals surface area contributed by atoms with Gasteiger partial charge < -0.3 is 24.4 Å². The van der Waals surface area contributed by atoms with Crippen molar-refractivity contribution in [1.29, 1.82) is 0 Å². The summed E-state index contributed by atoms with van der Waals surface area (Å²) in [5.41, 5.74) is 0. The van der Waals surface area contributed by atoms with Crippen molar-refractivity contribution in [2.45, 2.75) is 70.4 Å². The minimum absolute atomic E-state index is 0.0137. The Morgan fingerprint density at radius 2 is 1.84 bits per heavy atom. The van der Waals surface area contributed by atoms with Crippen LogP contribution in [-0.4, -0.2) is 73.1 Å². The normalized spacial score (nSPS) is 19.8. The molecule has 0 bridgehead atoms. The number of hydrogen-bond donors (Lipinski definition) is 1. The van der Waals surface area contributed by atoms with Gasteiger partial charge in [-0.3, -0.25) is 0 Å². The van der Waals surface area contributed by atoms with Gasteiger partial charge in [-0.1, -0.05) is 39.0 Å². The maximum Gasteiger partial charge on any atom is 0.410 e. The van der Waals surface area contributed by atoms with Crippen LogP contribution in [0.15, 0.2) is 0 Å². The summed E-state index contributed by atoms with van der Waals surface area (Å²) in [4.78, 5) is 26.9. The van der Waals surface area contributed by atoms with Gasteiger partial charge >= 0.3 is 12.2 Å². The van der Waals surface area contributed by atoms with Gasteiger partial charge in [0.2, 0.25) is 0 Å². The number of aliphatic hydroxyl groups is 1. The maximum atomic E-state index is 12.3. The number of likely N-dealkylation sites (tertiary alicyclic amines) is 1. The van der Waals surface area contributed by atoms with Crippen LogP contribution in [-0.2, 0) is 9.47 Å². The fraction of sp³-hybridized carbons (Fsp3) is 0.889. The van der Waals surface area contributed by atoms with E-state index in [-0.39, 0.29) is 24.8 Å². The van der Waals surface area contributed by atoms with E-state index in [2.05, 4.69) is 6.92 Å². The highest BCUT2D eigenvalue weighted by molar-refractivity contribution is 5.69. The minimum Gasteiger partial charge on any atom is -0.449 e. The lowest BCUT2D eigenvalue weighted by Gasteiger charge is -2.23. The summed E-state index contributed by atoms with van der Waals surface area (Å²) < 4.78 is 10.7. The molecule has 0 spiro atoms. The highest BCUT2D eigenvalue weighted by Crippen LogP contribution is 2.24. The SMILES string of the molecule is CCCCCCCCOC(=O)N1C[C@H](OC(=O)N(C)C)C[C@H]1CCO. The lowest BCUT2D eigenvalue weighted by atomic mass is 10.1. The topological polar surface area (TPSA) is 79.3 Å². The average Bonchev–Trinajstić information content (AvgIpc) is 2.96. The van der Waals surface area contributed by atoms with Gasteiger partial charge in [-0.05, 0) is 12.8 Å². The molecule has 2 amide bonds. The van der Waals surface area contributed by atoms with Crippen LogP contribution in [0.5, 0.6) is 0 Å². The summed E-state index contributed by atoms with van der Waals surface area (Å²) in [5, 5.41) is 9.20.